The van der Waals surface area contributed by atoms with Crippen LogP contribution in [0.2, 0.25) is 5.02 Å². The van der Waals surface area contributed by atoms with Crippen LogP contribution in [0.4, 0.5) is 5.95 Å². The normalized spacial score (nSPS) is 17.2. The van der Waals surface area contributed by atoms with E-state index >= 15 is 0 Å². The lowest BCUT2D eigenvalue weighted by atomic mass is 10.2. The van der Waals surface area contributed by atoms with E-state index in [1.54, 1.807) is 17.8 Å². The molecule has 2 atom stereocenters. The molecule has 0 radical (unpaired) electrons. The average molecular weight is 495 g/mol. The third-order valence-electron chi connectivity index (χ3n) is 5.58. The topological polar surface area (TPSA) is 130 Å². The van der Waals surface area contributed by atoms with Crippen LogP contribution >= 0.6 is 11.6 Å². The van der Waals surface area contributed by atoms with Crippen molar-refractivity contribution >= 4 is 27.6 Å². The Morgan fingerprint density at radius 3 is 2.39 bits per heavy atom. The van der Waals surface area contributed by atoms with Crippen LogP contribution in [0.5, 0.6) is 0 Å². The zero-order chi connectivity index (χ0) is 24.0. The molecule has 0 unspecified atom stereocenters. The molecule has 0 bridgehead atoms. The molecule has 178 valence electrons. The highest BCUT2D eigenvalue weighted by molar-refractivity contribution is 7.93. The molecule has 1 aliphatic rings. The standard InChI is InChI=1S/C20H27ClN8O3S/c1-12(2)32-16(17-22-10-14(21)11-23-17)13(3)33(30,31)27-19-25-24-18(15-6-9-28(5)26-15)29(19)20(4)7-8-20/h6,9-13,16H,7-8H2,1-5H3,(H,25,27)/t13-,16+/m0/s1. The molecule has 3 aromatic heterocycles. The van der Waals surface area contributed by atoms with E-state index in [0.717, 1.165) is 12.8 Å². The van der Waals surface area contributed by atoms with Crippen LogP contribution in [0.3, 0.4) is 0 Å². The van der Waals surface area contributed by atoms with Gasteiger partial charge in [-0.1, -0.05) is 11.6 Å². The van der Waals surface area contributed by atoms with Gasteiger partial charge in [0.1, 0.15) is 17.0 Å². The third-order valence-corrected chi connectivity index (χ3v) is 7.47. The first kappa shape index (κ1) is 23.6. The fourth-order valence-corrected chi connectivity index (χ4v) is 4.67. The number of rotatable bonds is 9. The van der Waals surface area contributed by atoms with E-state index in [0.29, 0.717) is 16.5 Å². The monoisotopic (exact) mass is 494 g/mol. The van der Waals surface area contributed by atoms with Gasteiger partial charge in [0.15, 0.2) is 11.6 Å². The van der Waals surface area contributed by atoms with Crippen molar-refractivity contribution in [1.29, 1.82) is 0 Å². The second kappa shape index (κ2) is 8.65. The van der Waals surface area contributed by atoms with Crippen molar-refractivity contribution in [2.24, 2.45) is 7.05 Å². The van der Waals surface area contributed by atoms with Gasteiger partial charge < -0.3 is 4.74 Å². The number of nitrogens with one attached hydrogen (secondary N) is 1. The third kappa shape index (κ3) is 4.87. The fourth-order valence-electron chi connectivity index (χ4n) is 3.49. The van der Waals surface area contributed by atoms with E-state index < -0.39 is 21.4 Å². The molecular weight excluding hydrogens is 468 g/mol. The summed E-state index contributed by atoms with van der Waals surface area (Å²) in [7, 11) is -2.16. The van der Waals surface area contributed by atoms with Gasteiger partial charge in [0.2, 0.25) is 16.0 Å². The van der Waals surface area contributed by atoms with Crippen molar-refractivity contribution in [1.82, 2.24) is 34.5 Å². The summed E-state index contributed by atoms with van der Waals surface area (Å²) in [5, 5.41) is 12.1. The van der Waals surface area contributed by atoms with Crippen LogP contribution < -0.4 is 4.72 Å². The Bertz CT molecular complexity index is 1230. The Morgan fingerprint density at radius 1 is 1.18 bits per heavy atom. The van der Waals surface area contributed by atoms with Crippen LogP contribution in [0.25, 0.3) is 11.5 Å². The van der Waals surface area contributed by atoms with E-state index in [4.69, 9.17) is 16.3 Å². The summed E-state index contributed by atoms with van der Waals surface area (Å²) in [6.07, 6.45) is 5.23. The maximum Gasteiger partial charge on any atom is 0.240 e. The van der Waals surface area contributed by atoms with Gasteiger partial charge in [-0.15, -0.1) is 10.2 Å². The summed E-state index contributed by atoms with van der Waals surface area (Å²) in [4.78, 5) is 8.36. The second-order valence-electron chi connectivity index (χ2n) is 8.77. The first-order valence-corrected chi connectivity index (χ1v) is 12.5. The van der Waals surface area contributed by atoms with Crippen LogP contribution in [-0.2, 0) is 27.3 Å². The maximum atomic E-state index is 13.4. The zero-order valence-corrected chi connectivity index (χ0v) is 20.7. The van der Waals surface area contributed by atoms with Crippen molar-refractivity contribution < 1.29 is 13.2 Å². The van der Waals surface area contributed by atoms with Gasteiger partial charge in [-0.05, 0) is 46.6 Å². The highest BCUT2D eigenvalue weighted by Crippen LogP contribution is 2.47. The summed E-state index contributed by atoms with van der Waals surface area (Å²) in [6.45, 7) is 7.22. The lowest BCUT2D eigenvalue weighted by Gasteiger charge is -2.26. The van der Waals surface area contributed by atoms with E-state index in [9.17, 15) is 8.42 Å². The Kier molecular flexibility index (Phi) is 6.18. The Labute approximate surface area is 197 Å². The highest BCUT2D eigenvalue weighted by atomic mass is 35.5. The van der Waals surface area contributed by atoms with Crippen molar-refractivity contribution in [3.05, 3.63) is 35.5 Å². The van der Waals surface area contributed by atoms with Crippen molar-refractivity contribution in [2.75, 3.05) is 4.72 Å². The zero-order valence-electron chi connectivity index (χ0n) is 19.1. The number of sulfonamides is 1. The van der Waals surface area contributed by atoms with Gasteiger partial charge in [-0.25, -0.2) is 18.4 Å². The van der Waals surface area contributed by atoms with Crippen molar-refractivity contribution in [3.8, 4) is 11.5 Å². The summed E-state index contributed by atoms with van der Waals surface area (Å²) in [5.74, 6) is 0.885. The molecule has 1 saturated carbocycles. The van der Waals surface area contributed by atoms with Gasteiger partial charge >= 0.3 is 0 Å². The quantitative estimate of drug-likeness (QED) is 0.480. The minimum Gasteiger partial charge on any atom is -0.366 e. The van der Waals surface area contributed by atoms with Crippen LogP contribution in [0, 0.1) is 0 Å². The number of ether oxygens (including phenoxy) is 1. The minimum atomic E-state index is -3.97. The van der Waals surface area contributed by atoms with Crippen LogP contribution in [0.15, 0.2) is 24.7 Å². The fraction of sp³-hybridized carbons (Fsp3) is 0.550. The summed E-state index contributed by atoms with van der Waals surface area (Å²) in [6, 6.07) is 1.82. The van der Waals surface area contributed by atoms with Crippen molar-refractivity contribution in [3.63, 3.8) is 0 Å². The highest BCUT2D eigenvalue weighted by Gasteiger charge is 2.45. The molecule has 3 aromatic rings. The number of nitrogens with zero attached hydrogens (tertiary/aromatic N) is 7. The Balaban J connectivity index is 1.67. The van der Waals surface area contributed by atoms with Gasteiger partial charge in [0.05, 0.1) is 11.1 Å². The Hall–Kier alpha value is -2.57. The number of anilines is 1. The predicted molar refractivity (Wildman–Crippen MR) is 123 cm³/mol. The van der Waals surface area contributed by atoms with Gasteiger partial charge in [-0.3, -0.25) is 14.0 Å². The molecule has 1 fully saturated rings. The molecule has 11 nitrogen and oxygen atoms in total. The Morgan fingerprint density at radius 2 is 1.85 bits per heavy atom. The van der Waals surface area contributed by atoms with E-state index in [-0.39, 0.29) is 23.4 Å². The van der Waals surface area contributed by atoms with Gasteiger partial charge in [-0.2, -0.15) is 5.10 Å². The lowest BCUT2D eigenvalue weighted by molar-refractivity contribution is 0.00154. The van der Waals surface area contributed by atoms with E-state index in [1.807, 2.05) is 38.5 Å². The minimum absolute atomic E-state index is 0.142. The largest absolute Gasteiger partial charge is 0.366 e. The molecule has 0 amide bonds. The maximum absolute atomic E-state index is 13.4. The van der Waals surface area contributed by atoms with E-state index in [2.05, 4.69) is 30.0 Å². The number of aromatic nitrogens is 7. The SMILES string of the molecule is CC(C)O[C@@H](c1ncc(Cl)cn1)[C@H](C)S(=O)(=O)Nc1nnc(-c2ccn(C)n2)n1C1(C)CC1. The molecule has 1 aliphatic carbocycles. The first-order valence-electron chi connectivity index (χ1n) is 10.6. The molecule has 3 heterocycles. The molecule has 0 aromatic carbocycles. The van der Waals surface area contributed by atoms with Crippen LogP contribution in [0.1, 0.15) is 52.5 Å². The molecule has 1 N–H and O–H groups in total. The first-order chi connectivity index (χ1) is 15.5. The number of hydrogen-bond donors (Lipinski definition) is 1. The second-order valence-corrected chi connectivity index (χ2v) is 11.2. The van der Waals surface area contributed by atoms with Crippen molar-refractivity contribution in [2.45, 2.75) is 63.5 Å². The molecular formula is C20H27ClN8O3S. The smallest absolute Gasteiger partial charge is 0.240 e. The molecule has 13 heteroatoms. The molecule has 0 aliphatic heterocycles. The molecule has 0 spiro atoms. The summed E-state index contributed by atoms with van der Waals surface area (Å²) < 4.78 is 38.9. The molecule has 33 heavy (non-hydrogen) atoms. The van der Waals surface area contributed by atoms with Gasteiger partial charge in [0.25, 0.3) is 0 Å². The summed E-state index contributed by atoms with van der Waals surface area (Å²) in [5.41, 5.74) is 0.331. The predicted octanol–water partition coefficient (Wildman–Crippen LogP) is 2.93. The summed E-state index contributed by atoms with van der Waals surface area (Å²) >= 11 is 5.90. The molecule has 4 rings (SSSR count). The number of halogens is 1. The lowest BCUT2D eigenvalue weighted by Crippen LogP contribution is -2.35. The average Bonchev–Trinajstić information content (AvgIpc) is 3.13. The number of aryl methyl sites for hydroxylation is 1. The van der Waals surface area contributed by atoms with Gasteiger partial charge in [0, 0.05) is 31.2 Å². The van der Waals surface area contributed by atoms with E-state index in [1.165, 1.54) is 12.4 Å². The number of hydrogen-bond acceptors (Lipinski definition) is 8. The van der Waals surface area contributed by atoms with Crippen LogP contribution in [-0.4, -0.2) is 54.3 Å². The molecule has 0 saturated heterocycles.